The molecule has 1 atom stereocenters. The van der Waals surface area contributed by atoms with Crippen molar-refractivity contribution in [1.82, 2.24) is 4.90 Å². The minimum atomic E-state index is 0.203. The van der Waals surface area contributed by atoms with Gasteiger partial charge in [-0.1, -0.05) is 18.2 Å². The van der Waals surface area contributed by atoms with Gasteiger partial charge in [-0.3, -0.25) is 4.79 Å². The molecule has 1 aromatic heterocycles. The fourth-order valence-electron chi connectivity index (χ4n) is 4.15. The van der Waals surface area contributed by atoms with Crippen molar-refractivity contribution in [2.75, 3.05) is 36.4 Å². The largest absolute Gasteiger partial charge is 0.374 e. The average Bonchev–Trinajstić information content (AvgIpc) is 3.38. The van der Waals surface area contributed by atoms with Crippen LogP contribution in [0.15, 0.2) is 41.8 Å². The van der Waals surface area contributed by atoms with Gasteiger partial charge in [-0.15, -0.1) is 11.3 Å². The Bertz CT molecular complexity index is 725. The maximum absolute atomic E-state index is 12.9. The molecule has 2 aliphatic heterocycles. The molecular weight excluding hydrogens is 342 g/mol. The van der Waals surface area contributed by atoms with Crippen LogP contribution in [0.1, 0.15) is 43.0 Å². The molecule has 1 aromatic carbocycles. The molecule has 0 bridgehead atoms. The number of para-hydroxylation sites is 2. The monoisotopic (exact) mass is 369 g/mol. The van der Waals surface area contributed by atoms with Crippen molar-refractivity contribution >= 4 is 28.6 Å². The third kappa shape index (κ3) is 3.73. The zero-order valence-electron chi connectivity index (χ0n) is 15.2. The van der Waals surface area contributed by atoms with Crippen molar-refractivity contribution < 1.29 is 4.79 Å². The lowest BCUT2D eigenvalue weighted by Crippen LogP contribution is -2.35. The van der Waals surface area contributed by atoms with E-state index in [4.69, 9.17) is 0 Å². The second-order valence-corrected chi connectivity index (χ2v) is 8.16. The molecule has 0 aliphatic carbocycles. The molecule has 26 heavy (non-hydrogen) atoms. The normalized spacial score (nSPS) is 20.4. The Morgan fingerprint density at radius 1 is 1.04 bits per heavy atom. The lowest BCUT2D eigenvalue weighted by molar-refractivity contribution is -0.130. The molecule has 1 amide bonds. The first kappa shape index (κ1) is 17.4. The molecule has 0 spiro atoms. The molecule has 0 radical (unpaired) electrons. The van der Waals surface area contributed by atoms with Crippen LogP contribution >= 0.6 is 11.3 Å². The van der Waals surface area contributed by atoms with Crippen molar-refractivity contribution in [3.8, 4) is 0 Å². The SMILES string of the molecule is O=C(CNc1ccccc1N1CCCCC1)N1CCCC1c1cccs1. The molecular formula is C21H27N3OS. The summed E-state index contributed by atoms with van der Waals surface area (Å²) in [6.45, 7) is 3.46. The summed E-state index contributed by atoms with van der Waals surface area (Å²) in [5.74, 6) is 0.203. The number of carbonyl (C=O) groups excluding carboxylic acids is 1. The summed E-state index contributed by atoms with van der Waals surface area (Å²) in [5, 5.41) is 5.52. The van der Waals surface area contributed by atoms with Gasteiger partial charge in [0.15, 0.2) is 0 Å². The summed E-state index contributed by atoms with van der Waals surface area (Å²) >= 11 is 1.76. The number of benzene rings is 1. The second kappa shape index (κ2) is 8.12. The van der Waals surface area contributed by atoms with Crippen LogP contribution in [0.4, 0.5) is 11.4 Å². The number of rotatable bonds is 5. The van der Waals surface area contributed by atoms with Crippen LogP contribution in [0, 0.1) is 0 Å². The molecule has 4 nitrogen and oxygen atoms in total. The number of nitrogens with one attached hydrogen (secondary N) is 1. The Morgan fingerprint density at radius 2 is 1.88 bits per heavy atom. The zero-order valence-corrected chi connectivity index (χ0v) is 16.0. The fourth-order valence-corrected chi connectivity index (χ4v) is 5.02. The van der Waals surface area contributed by atoms with Crippen LogP contribution in [-0.4, -0.2) is 37.0 Å². The van der Waals surface area contributed by atoms with E-state index in [9.17, 15) is 4.79 Å². The van der Waals surface area contributed by atoms with Gasteiger partial charge >= 0.3 is 0 Å². The summed E-state index contributed by atoms with van der Waals surface area (Å²) in [4.78, 5) is 18.7. The highest BCUT2D eigenvalue weighted by molar-refractivity contribution is 7.10. The van der Waals surface area contributed by atoms with Crippen LogP contribution in [-0.2, 0) is 4.79 Å². The molecule has 2 fully saturated rings. The van der Waals surface area contributed by atoms with E-state index in [-0.39, 0.29) is 11.9 Å². The van der Waals surface area contributed by atoms with Crippen molar-refractivity contribution in [3.05, 3.63) is 46.7 Å². The zero-order chi connectivity index (χ0) is 17.8. The van der Waals surface area contributed by atoms with E-state index in [0.717, 1.165) is 38.2 Å². The van der Waals surface area contributed by atoms with Gasteiger partial charge in [0.2, 0.25) is 5.91 Å². The highest BCUT2D eigenvalue weighted by Crippen LogP contribution is 2.34. The van der Waals surface area contributed by atoms with Gasteiger partial charge in [0, 0.05) is 24.5 Å². The van der Waals surface area contributed by atoms with Crippen molar-refractivity contribution in [3.63, 3.8) is 0 Å². The number of thiophene rings is 1. The van der Waals surface area contributed by atoms with E-state index in [1.807, 2.05) is 6.07 Å². The minimum Gasteiger partial charge on any atom is -0.374 e. The maximum Gasteiger partial charge on any atom is 0.242 e. The van der Waals surface area contributed by atoms with Crippen molar-refractivity contribution in [2.45, 2.75) is 38.1 Å². The molecule has 4 rings (SSSR count). The van der Waals surface area contributed by atoms with Crippen molar-refractivity contribution in [1.29, 1.82) is 0 Å². The standard InChI is InChI=1S/C21H27N3OS/c25-21(24-14-6-10-19(24)20-11-7-15-26-20)16-22-17-8-2-3-9-18(17)23-12-4-1-5-13-23/h2-3,7-9,11,15,19,22H,1,4-6,10,12-14,16H2. The molecule has 0 saturated carbocycles. The first-order valence-electron chi connectivity index (χ1n) is 9.73. The summed E-state index contributed by atoms with van der Waals surface area (Å²) < 4.78 is 0. The quantitative estimate of drug-likeness (QED) is 0.842. The lowest BCUT2D eigenvalue weighted by Gasteiger charge is -2.31. The highest BCUT2D eigenvalue weighted by Gasteiger charge is 2.30. The van der Waals surface area contributed by atoms with Gasteiger partial charge in [0.05, 0.1) is 24.0 Å². The Balaban J connectivity index is 1.42. The van der Waals surface area contributed by atoms with Crippen LogP contribution in [0.25, 0.3) is 0 Å². The lowest BCUT2D eigenvalue weighted by atomic mass is 10.1. The van der Waals surface area contributed by atoms with Gasteiger partial charge in [0.1, 0.15) is 0 Å². The molecule has 2 aromatic rings. The molecule has 2 aliphatic rings. The van der Waals surface area contributed by atoms with E-state index in [1.54, 1.807) is 11.3 Å². The number of piperidine rings is 1. The summed E-state index contributed by atoms with van der Waals surface area (Å²) in [6.07, 6.45) is 6.01. The number of anilines is 2. The van der Waals surface area contributed by atoms with Gasteiger partial charge in [-0.25, -0.2) is 0 Å². The molecule has 3 heterocycles. The number of hydrogen-bond donors (Lipinski definition) is 1. The fraction of sp³-hybridized carbons (Fsp3) is 0.476. The average molecular weight is 370 g/mol. The topological polar surface area (TPSA) is 35.6 Å². The number of nitrogens with zero attached hydrogens (tertiary/aromatic N) is 2. The first-order valence-corrected chi connectivity index (χ1v) is 10.6. The van der Waals surface area contributed by atoms with Gasteiger partial charge in [-0.05, 0) is 55.7 Å². The van der Waals surface area contributed by atoms with Crippen LogP contribution in [0.5, 0.6) is 0 Å². The Morgan fingerprint density at radius 3 is 2.69 bits per heavy atom. The number of amides is 1. The van der Waals surface area contributed by atoms with E-state index in [1.165, 1.54) is 29.8 Å². The van der Waals surface area contributed by atoms with Crippen LogP contribution < -0.4 is 10.2 Å². The Labute approximate surface area is 159 Å². The van der Waals surface area contributed by atoms with E-state index in [0.29, 0.717) is 6.54 Å². The third-order valence-corrected chi connectivity index (χ3v) is 6.45. The third-order valence-electron chi connectivity index (χ3n) is 5.48. The summed E-state index contributed by atoms with van der Waals surface area (Å²) in [5.41, 5.74) is 2.31. The predicted molar refractivity (Wildman–Crippen MR) is 109 cm³/mol. The number of likely N-dealkylation sites (tertiary alicyclic amines) is 1. The number of carbonyl (C=O) groups is 1. The number of hydrogen-bond acceptors (Lipinski definition) is 4. The minimum absolute atomic E-state index is 0.203. The van der Waals surface area contributed by atoms with Gasteiger partial charge < -0.3 is 15.1 Å². The van der Waals surface area contributed by atoms with Crippen LogP contribution in [0.3, 0.4) is 0 Å². The van der Waals surface area contributed by atoms with E-state index in [2.05, 4.69) is 50.8 Å². The Kier molecular flexibility index (Phi) is 5.44. The maximum atomic E-state index is 12.9. The van der Waals surface area contributed by atoms with E-state index < -0.39 is 0 Å². The van der Waals surface area contributed by atoms with E-state index >= 15 is 0 Å². The van der Waals surface area contributed by atoms with Gasteiger partial charge in [0.25, 0.3) is 0 Å². The second-order valence-electron chi connectivity index (χ2n) is 7.18. The molecule has 1 N–H and O–H groups in total. The van der Waals surface area contributed by atoms with Crippen LogP contribution in [0.2, 0.25) is 0 Å². The molecule has 138 valence electrons. The first-order chi connectivity index (χ1) is 12.8. The highest BCUT2D eigenvalue weighted by atomic mass is 32.1. The molecule has 2 saturated heterocycles. The Hall–Kier alpha value is -2.01. The molecule has 5 heteroatoms. The smallest absolute Gasteiger partial charge is 0.242 e. The predicted octanol–water partition coefficient (Wildman–Crippen LogP) is 4.51. The van der Waals surface area contributed by atoms with Crippen molar-refractivity contribution in [2.24, 2.45) is 0 Å². The summed E-state index contributed by atoms with van der Waals surface area (Å²) in [6, 6.07) is 12.9. The van der Waals surface area contributed by atoms with Gasteiger partial charge in [-0.2, -0.15) is 0 Å². The summed E-state index contributed by atoms with van der Waals surface area (Å²) in [7, 11) is 0. The molecule has 1 unspecified atom stereocenters.